The molecular weight excluding hydrogens is 347 g/mol. The molecule has 2 N–H and O–H groups in total. The Bertz CT molecular complexity index is 597. The van der Waals surface area contributed by atoms with Crippen LogP contribution in [0.4, 0.5) is 15.2 Å². The number of rotatable bonds is 3. The molecule has 1 heterocycles. The number of anilines is 2. The van der Waals surface area contributed by atoms with Gasteiger partial charge in [0.1, 0.15) is 5.82 Å². The molecule has 0 atom stereocenters. The zero-order chi connectivity index (χ0) is 13.3. The minimum atomic E-state index is -1.11. The van der Waals surface area contributed by atoms with Crippen LogP contribution < -0.4 is 5.32 Å². The van der Waals surface area contributed by atoms with Gasteiger partial charge in [0.15, 0.2) is 10.8 Å². The standard InChI is InChI=1S/C10H5BrClFN2O2S/c11-5-1-4(13)2-6(12)8(5)15-10-14-7(3-18-10)9(16)17/h1-3H,(H,14,15)(H,16,17). The van der Waals surface area contributed by atoms with E-state index in [2.05, 4.69) is 26.2 Å². The zero-order valence-corrected chi connectivity index (χ0v) is 11.7. The summed E-state index contributed by atoms with van der Waals surface area (Å²) in [5.41, 5.74) is 0.376. The Morgan fingerprint density at radius 2 is 2.28 bits per heavy atom. The highest BCUT2D eigenvalue weighted by Gasteiger charge is 2.12. The van der Waals surface area contributed by atoms with E-state index in [1.807, 2.05) is 0 Å². The van der Waals surface area contributed by atoms with E-state index in [4.69, 9.17) is 16.7 Å². The first-order chi connectivity index (χ1) is 8.47. The number of aromatic carboxylic acids is 1. The van der Waals surface area contributed by atoms with Crippen molar-refractivity contribution < 1.29 is 14.3 Å². The molecule has 0 unspecified atom stereocenters. The van der Waals surface area contributed by atoms with E-state index in [-0.39, 0.29) is 10.7 Å². The molecule has 0 saturated heterocycles. The highest BCUT2D eigenvalue weighted by Crippen LogP contribution is 2.34. The number of hydrogen-bond donors (Lipinski definition) is 2. The summed E-state index contributed by atoms with van der Waals surface area (Å²) in [7, 11) is 0. The molecule has 2 rings (SSSR count). The monoisotopic (exact) mass is 350 g/mol. The molecule has 0 radical (unpaired) electrons. The third-order valence-electron chi connectivity index (χ3n) is 1.96. The van der Waals surface area contributed by atoms with Gasteiger partial charge in [-0.1, -0.05) is 11.6 Å². The molecule has 8 heteroatoms. The van der Waals surface area contributed by atoms with Gasteiger partial charge in [-0.3, -0.25) is 0 Å². The summed E-state index contributed by atoms with van der Waals surface area (Å²) < 4.78 is 13.5. The fourth-order valence-electron chi connectivity index (χ4n) is 1.20. The lowest BCUT2D eigenvalue weighted by Crippen LogP contribution is -1.98. The minimum Gasteiger partial charge on any atom is -0.476 e. The van der Waals surface area contributed by atoms with E-state index in [0.29, 0.717) is 15.3 Å². The second-order valence-electron chi connectivity index (χ2n) is 3.21. The SMILES string of the molecule is O=C(O)c1csc(Nc2c(Cl)cc(F)cc2Br)n1. The molecule has 1 aromatic heterocycles. The average molecular weight is 352 g/mol. The Morgan fingerprint density at radius 1 is 1.56 bits per heavy atom. The van der Waals surface area contributed by atoms with Gasteiger partial charge in [0.05, 0.1) is 10.7 Å². The Hall–Kier alpha value is -1.18. The number of thiazole rings is 1. The molecule has 2 aromatic rings. The third-order valence-corrected chi connectivity index (χ3v) is 3.64. The molecule has 0 bridgehead atoms. The number of carboxylic acids is 1. The van der Waals surface area contributed by atoms with Crippen molar-refractivity contribution in [3.05, 3.63) is 38.5 Å². The molecule has 0 amide bonds. The van der Waals surface area contributed by atoms with Gasteiger partial charge in [0.25, 0.3) is 0 Å². The molecule has 1 aromatic carbocycles. The lowest BCUT2D eigenvalue weighted by atomic mass is 10.3. The van der Waals surface area contributed by atoms with Gasteiger partial charge in [-0.05, 0) is 28.1 Å². The summed E-state index contributed by atoms with van der Waals surface area (Å²) in [5.74, 6) is -1.58. The number of halogens is 3. The smallest absolute Gasteiger partial charge is 0.355 e. The Morgan fingerprint density at radius 3 is 2.83 bits per heavy atom. The van der Waals surface area contributed by atoms with Crippen LogP contribution >= 0.6 is 38.9 Å². The quantitative estimate of drug-likeness (QED) is 0.872. The topological polar surface area (TPSA) is 62.2 Å². The molecule has 0 aliphatic carbocycles. The Kier molecular flexibility index (Phi) is 3.84. The van der Waals surface area contributed by atoms with Crippen LogP contribution in [0.1, 0.15) is 10.5 Å². The number of benzene rings is 1. The maximum absolute atomic E-state index is 13.0. The van der Waals surface area contributed by atoms with Crippen LogP contribution in [0.25, 0.3) is 0 Å². The number of aromatic nitrogens is 1. The average Bonchev–Trinajstić information content (AvgIpc) is 2.71. The Balaban J connectivity index is 2.31. The number of nitrogens with zero attached hydrogens (tertiary/aromatic N) is 1. The fourth-order valence-corrected chi connectivity index (χ4v) is 2.79. The van der Waals surface area contributed by atoms with Gasteiger partial charge >= 0.3 is 5.97 Å². The largest absolute Gasteiger partial charge is 0.476 e. The van der Waals surface area contributed by atoms with Crippen LogP contribution in [0.5, 0.6) is 0 Å². The van der Waals surface area contributed by atoms with Gasteiger partial charge < -0.3 is 10.4 Å². The molecule has 0 saturated carbocycles. The fraction of sp³-hybridized carbons (Fsp3) is 0. The minimum absolute atomic E-state index is 0.0585. The zero-order valence-electron chi connectivity index (χ0n) is 8.58. The number of carboxylic acid groups (broad SMARTS) is 1. The number of hydrogen-bond acceptors (Lipinski definition) is 4. The van der Waals surface area contributed by atoms with Crippen LogP contribution in [0, 0.1) is 5.82 Å². The molecule has 4 nitrogen and oxygen atoms in total. The van der Waals surface area contributed by atoms with E-state index in [9.17, 15) is 9.18 Å². The van der Waals surface area contributed by atoms with Gasteiger partial charge in [-0.15, -0.1) is 11.3 Å². The predicted molar refractivity (Wildman–Crippen MR) is 71.5 cm³/mol. The highest BCUT2D eigenvalue weighted by atomic mass is 79.9. The summed E-state index contributed by atoms with van der Waals surface area (Å²) in [5, 5.41) is 13.5. The normalized spacial score (nSPS) is 10.4. The molecule has 0 aliphatic heterocycles. The summed E-state index contributed by atoms with van der Waals surface area (Å²) in [6.07, 6.45) is 0. The van der Waals surface area contributed by atoms with Crippen LogP contribution in [-0.2, 0) is 0 Å². The first-order valence-electron chi connectivity index (χ1n) is 4.58. The van der Waals surface area contributed by atoms with E-state index in [1.165, 1.54) is 11.4 Å². The van der Waals surface area contributed by atoms with Gasteiger partial charge in [0.2, 0.25) is 0 Å². The molecule has 94 valence electrons. The first-order valence-corrected chi connectivity index (χ1v) is 6.63. The molecule has 0 aliphatic rings. The number of carbonyl (C=O) groups is 1. The second kappa shape index (κ2) is 5.21. The van der Waals surface area contributed by atoms with Crippen molar-refractivity contribution in [1.82, 2.24) is 4.98 Å². The molecular formula is C10H5BrClFN2O2S. The maximum atomic E-state index is 13.0. The van der Waals surface area contributed by atoms with Crippen molar-refractivity contribution in [1.29, 1.82) is 0 Å². The van der Waals surface area contributed by atoms with Crippen LogP contribution in [0.3, 0.4) is 0 Å². The van der Waals surface area contributed by atoms with Gasteiger partial charge in [0, 0.05) is 9.85 Å². The van der Waals surface area contributed by atoms with Crippen LogP contribution in [-0.4, -0.2) is 16.1 Å². The van der Waals surface area contributed by atoms with Crippen molar-refractivity contribution in [2.45, 2.75) is 0 Å². The molecule has 0 fully saturated rings. The second-order valence-corrected chi connectivity index (χ2v) is 5.33. The summed E-state index contributed by atoms with van der Waals surface area (Å²) >= 11 is 10.2. The van der Waals surface area contributed by atoms with Gasteiger partial charge in [-0.2, -0.15) is 0 Å². The van der Waals surface area contributed by atoms with E-state index >= 15 is 0 Å². The summed E-state index contributed by atoms with van der Waals surface area (Å²) in [6, 6.07) is 2.40. The lowest BCUT2D eigenvalue weighted by Gasteiger charge is -2.07. The summed E-state index contributed by atoms with van der Waals surface area (Å²) in [4.78, 5) is 14.5. The number of nitrogens with one attached hydrogen (secondary N) is 1. The van der Waals surface area contributed by atoms with Crippen molar-refractivity contribution >= 4 is 55.7 Å². The van der Waals surface area contributed by atoms with Crippen LogP contribution in [0.2, 0.25) is 5.02 Å². The predicted octanol–water partition coefficient (Wildman–Crippen LogP) is 4.14. The highest BCUT2D eigenvalue weighted by molar-refractivity contribution is 9.10. The van der Waals surface area contributed by atoms with Crippen LogP contribution in [0.15, 0.2) is 22.0 Å². The maximum Gasteiger partial charge on any atom is 0.355 e. The van der Waals surface area contributed by atoms with E-state index in [0.717, 1.165) is 17.4 Å². The lowest BCUT2D eigenvalue weighted by molar-refractivity contribution is 0.0691. The van der Waals surface area contributed by atoms with E-state index in [1.54, 1.807) is 0 Å². The van der Waals surface area contributed by atoms with Crippen molar-refractivity contribution in [3.8, 4) is 0 Å². The van der Waals surface area contributed by atoms with Crippen molar-refractivity contribution in [3.63, 3.8) is 0 Å². The third kappa shape index (κ3) is 2.80. The van der Waals surface area contributed by atoms with Crippen molar-refractivity contribution in [2.24, 2.45) is 0 Å². The van der Waals surface area contributed by atoms with E-state index < -0.39 is 11.8 Å². The summed E-state index contributed by atoms with van der Waals surface area (Å²) in [6.45, 7) is 0. The van der Waals surface area contributed by atoms with Crippen molar-refractivity contribution in [2.75, 3.05) is 5.32 Å². The first kappa shape index (κ1) is 13.3. The van der Waals surface area contributed by atoms with Gasteiger partial charge in [-0.25, -0.2) is 14.2 Å². The molecule has 18 heavy (non-hydrogen) atoms. The molecule has 0 spiro atoms. The Labute approximate surface area is 119 Å².